The molecule has 0 unspecified atom stereocenters. The molecule has 1 aliphatic rings. The van der Waals surface area contributed by atoms with Gasteiger partial charge < -0.3 is 15.0 Å². The van der Waals surface area contributed by atoms with Gasteiger partial charge in [-0.05, 0) is 85.5 Å². The summed E-state index contributed by atoms with van der Waals surface area (Å²) < 4.78 is 19.8. The number of ether oxygens (including phenoxy) is 1. The highest BCUT2D eigenvalue weighted by Crippen LogP contribution is 2.36. The molecule has 190 valence electrons. The van der Waals surface area contributed by atoms with Crippen molar-refractivity contribution in [2.45, 2.75) is 25.8 Å². The van der Waals surface area contributed by atoms with Crippen LogP contribution < -0.4 is 10.1 Å². The maximum Gasteiger partial charge on any atom is 0.255 e. The molecule has 7 heteroatoms. The summed E-state index contributed by atoms with van der Waals surface area (Å²) in [4.78, 5) is 20.5. The number of likely N-dealkylation sites (N-methyl/N-ethyl adjacent to an activating group) is 1. The highest BCUT2D eigenvalue weighted by atomic mass is 35.5. The van der Waals surface area contributed by atoms with E-state index in [-0.39, 0.29) is 17.8 Å². The van der Waals surface area contributed by atoms with Crippen LogP contribution in [0.1, 0.15) is 28.8 Å². The molecule has 1 amide bonds. The largest absolute Gasteiger partial charge is 0.497 e. The molecule has 0 saturated carbocycles. The molecule has 37 heavy (non-hydrogen) atoms. The van der Waals surface area contributed by atoms with E-state index in [1.54, 1.807) is 30.3 Å². The number of halogens is 2. The predicted molar refractivity (Wildman–Crippen MR) is 147 cm³/mol. The fraction of sp³-hybridized carbons (Fsp3) is 0.267. The van der Waals surface area contributed by atoms with Crippen LogP contribution in [0.4, 0.5) is 4.39 Å². The predicted octanol–water partition coefficient (Wildman–Crippen LogP) is 6.50. The van der Waals surface area contributed by atoms with Gasteiger partial charge in [-0.15, -0.1) is 0 Å². The number of methoxy groups -OCH3 is 1. The minimum absolute atomic E-state index is 0.132. The second kappa shape index (κ2) is 10.5. The molecule has 4 aromatic rings. The summed E-state index contributed by atoms with van der Waals surface area (Å²) in [6.07, 6.45) is 3.80. The molecular formula is C30H29ClFN3O2. The van der Waals surface area contributed by atoms with E-state index in [0.29, 0.717) is 44.9 Å². The average Bonchev–Trinajstić information content (AvgIpc) is 3.40. The van der Waals surface area contributed by atoms with Gasteiger partial charge in [-0.2, -0.15) is 0 Å². The highest BCUT2D eigenvalue weighted by molar-refractivity contribution is 6.33. The van der Waals surface area contributed by atoms with Crippen molar-refractivity contribution >= 4 is 28.4 Å². The number of hydrogen-bond acceptors (Lipinski definition) is 4. The number of carbonyl (C=O) groups excluding carboxylic acids is 1. The van der Waals surface area contributed by atoms with Gasteiger partial charge in [0.25, 0.3) is 5.91 Å². The Hall–Kier alpha value is -3.48. The number of aromatic nitrogens is 1. The van der Waals surface area contributed by atoms with E-state index in [1.807, 2.05) is 44.3 Å². The number of rotatable bonds is 6. The zero-order valence-electron chi connectivity index (χ0n) is 21.1. The van der Waals surface area contributed by atoms with Crippen molar-refractivity contribution in [2.75, 3.05) is 27.2 Å². The number of nitrogens with zero attached hydrogens (tertiary/aromatic N) is 2. The molecule has 5 rings (SSSR count). The number of hydrogen-bond donors (Lipinski definition) is 1. The molecule has 1 saturated heterocycles. The zero-order chi connectivity index (χ0) is 26.1. The number of fused-ring (bicyclic) bond motifs is 1. The summed E-state index contributed by atoms with van der Waals surface area (Å²) in [5.41, 5.74) is 4.78. The van der Waals surface area contributed by atoms with Crippen LogP contribution in [-0.4, -0.2) is 49.1 Å². The first-order chi connectivity index (χ1) is 17.8. The fourth-order valence-corrected chi connectivity index (χ4v) is 5.30. The second-order valence-corrected chi connectivity index (χ2v) is 10.0. The first kappa shape index (κ1) is 25.2. The van der Waals surface area contributed by atoms with Gasteiger partial charge in [-0.3, -0.25) is 9.78 Å². The Balaban J connectivity index is 1.71. The third-order valence-electron chi connectivity index (χ3n) is 6.92. The quantitative estimate of drug-likeness (QED) is 0.317. The van der Waals surface area contributed by atoms with E-state index >= 15 is 0 Å². The first-order valence-electron chi connectivity index (χ1n) is 12.4. The van der Waals surface area contributed by atoms with Crippen LogP contribution in [0.3, 0.4) is 0 Å². The van der Waals surface area contributed by atoms with E-state index in [0.717, 1.165) is 36.1 Å². The Bertz CT molecular complexity index is 1460. The number of nitrogens with one attached hydrogen (secondary N) is 1. The smallest absolute Gasteiger partial charge is 0.255 e. The maximum absolute atomic E-state index is 14.4. The summed E-state index contributed by atoms with van der Waals surface area (Å²) >= 11 is 6.55. The second-order valence-electron chi connectivity index (χ2n) is 9.62. The van der Waals surface area contributed by atoms with Gasteiger partial charge in [-0.1, -0.05) is 23.7 Å². The van der Waals surface area contributed by atoms with Gasteiger partial charge in [-0.25, -0.2) is 4.39 Å². The standard InChI is InChI=1S/C30H29ClFN3O2/c1-18-11-20(13-21(32)12-18)26-16-34-28-9-6-19(24-15-23(37-3)7-8-27(24)31)14-25(28)29(26)30(36)35(2)17-22-5-4-10-33-22/h6-9,11-16,22,33H,4-5,10,17H2,1-3H3/t22-/m0/s1. The van der Waals surface area contributed by atoms with Gasteiger partial charge in [0.15, 0.2) is 0 Å². The van der Waals surface area contributed by atoms with Gasteiger partial charge in [0, 0.05) is 47.4 Å². The Kier molecular flexibility index (Phi) is 7.13. The summed E-state index contributed by atoms with van der Waals surface area (Å²) in [7, 11) is 3.42. The highest BCUT2D eigenvalue weighted by Gasteiger charge is 2.25. The Morgan fingerprint density at radius 1 is 1.14 bits per heavy atom. The van der Waals surface area contributed by atoms with Crippen molar-refractivity contribution in [3.63, 3.8) is 0 Å². The lowest BCUT2D eigenvalue weighted by atomic mass is 9.93. The number of benzene rings is 3. The molecule has 1 atom stereocenters. The van der Waals surface area contributed by atoms with Crippen molar-refractivity contribution in [3.8, 4) is 28.0 Å². The topological polar surface area (TPSA) is 54.5 Å². The van der Waals surface area contributed by atoms with E-state index < -0.39 is 0 Å². The number of pyridine rings is 1. The van der Waals surface area contributed by atoms with Crippen molar-refractivity contribution in [2.24, 2.45) is 0 Å². The molecular weight excluding hydrogens is 489 g/mol. The Morgan fingerprint density at radius 3 is 2.70 bits per heavy atom. The summed E-state index contributed by atoms with van der Waals surface area (Å²) in [5.74, 6) is 0.197. The van der Waals surface area contributed by atoms with Crippen molar-refractivity contribution < 1.29 is 13.9 Å². The van der Waals surface area contributed by atoms with Crippen LogP contribution in [-0.2, 0) is 0 Å². The van der Waals surface area contributed by atoms with Crippen molar-refractivity contribution in [3.05, 3.63) is 82.8 Å². The number of carbonyl (C=O) groups is 1. The third-order valence-corrected chi connectivity index (χ3v) is 7.25. The van der Waals surface area contributed by atoms with Crippen LogP contribution >= 0.6 is 11.6 Å². The van der Waals surface area contributed by atoms with Crippen molar-refractivity contribution in [1.82, 2.24) is 15.2 Å². The molecule has 1 aromatic heterocycles. The van der Waals surface area contributed by atoms with Gasteiger partial charge >= 0.3 is 0 Å². The zero-order valence-corrected chi connectivity index (χ0v) is 21.9. The van der Waals surface area contributed by atoms with E-state index in [2.05, 4.69) is 10.3 Å². The number of amides is 1. The summed E-state index contributed by atoms with van der Waals surface area (Å²) in [5, 5.41) is 4.72. The van der Waals surface area contributed by atoms with Gasteiger partial charge in [0.1, 0.15) is 11.6 Å². The monoisotopic (exact) mass is 517 g/mol. The molecule has 0 radical (unpaired) electrons. The van der Waals surface area contributed by atoms with E-state index in [4.69, 9.17) is 16.3 Å². The summed E-state index contributed by atoms with van der Waals surface area (Å²) in [6, 6.07) is 16.3. The molecule has 1 aliphatic heterocycles. The molecule has 3 aromatic carbocycles. The lowest BCUT2D eigenvalue weighted by Gasteiger charge is -2.24. The third kappa shape index (κ3) is 5.17. The molecule has 0 aliphatic carbocycles. The average molecular weight is 518 g/mol. The lowest BCUT2D eigenvalue weighted by Crippen LogP contribution is -2.38. The molecule has 0 bridgehead atoms. The van der Waals surface area contributed by atoms with E-state index in [1.165, 1.54) is 12.1 Å². The van der Waals surface area contributed by atoms with Crippen LogP contribution in [0.25, 0.3) is 33.2 Å². The minimum atomic E-state index is -0.353. The Morgan fingerprint density at radius 2 is 1.97 bits per heavy atom. The molecule has 1 N–H and O–H groups in total. The van der Waals surface area contributed by atoms with Crippen LogP contribution in [0, 0.1) is 12.7 Å². The summed E-state index contributed by atoms with van der Waals surface area (Å²) in [6.45, 7) is 3.39. The minimum Gasteiger partial charge on any atom is -0.497 e. The first-order valence-corrected chi connectivity index (χ1v) is 12.7. The normalized spacial score (nSPS) is 15.2. The number of aryl methyl sites for hydroxylation is 1. The Labute approximate surface area is 221 Å². The van der Waals surface area contributed by atoms with Crippen LogP contribution in [0.5, 0.6) is 5.75 Å². The van der Waals surface area contributed by atoms with Crippen molar-refractivity contribution in [1.29, 1.82) is 0 Å². The van der Waals surface area contributed by atoms with Gasteiger partial charge in [0.05, 0.1) is 18.2 Å². The maximum atomic E-state index is 14.4. The van der Waals surface area contributed by atoms with Crippen LogP contribution in [0.2, 0.25) is 5.02 Å². The molecule has 1 fully saturated rings. The van der Waals surface area contributed by atoms with E-state index in [9.17, 15) is 9.18 Å². The fourth-order valence-electron chi connectivity index (χ4n) is 5.07. The molecule has 5 nitrogen and oxygen atoms in total. The lowest BCUT2D eigenvalue weighted by molar-refractivity contribution is 0.0786. The SMILES string of the molecule is COc1ccc(Cl)c(-c2ccc3ncc(-c4cc(C)cc(F)c4)c(C(=O)N(C)C[C@@H]4CCCN4)c3c2)c1. The van der Waals surface area contributed by atoms with Gasteiger partial charge in [0.2, 0.25) is 0 Å². The molecule has 0 spiro atoms. The van der Waals surface area contributed by atoms with Crippen LogP contribution in [0.15, 0.2) is 60.8 Å². The molecule has 2 heterocycles.